The van der Waals surface area contributed by atoms with Gasteiger partial charge in [-0.1, -0.05) is 23.7 Å². The number of nitrogens with one attached hydrogen (secondary N) is 1. The number of aliphatic hydroxyl groups excluding tert-OH is 1. The second-order valence-corrected chi connectivity index (χ2v) is 4.11. The van der Waals surface area contributed by atoms with Crippen molar-refractivity contribution >= 4 is 11.6 Å². The molecule has 0 aliphatic heterocycles. The van der Waals surface area contributed by atoms with Crippen LogP contribution >= 0.6 is 11.6 Å². The van der Waals surface area contributed by atoms with Crippen LogP contribution in [0.25, 0.3) is 0 Å². The molecular weight excluding hydrogens is 226 g/mol. The molecule has 16 heavy (non-hydrogen) atoms. The number of benzene rings is 1. The second-order valence-electron chi connectivity index (χ2n) is 3.67. The first-order valence-corrected chi connectivity index (χ1v) is 5.71. The summed E-state index contributed by atoms with van der Waals surface area (Å²) < 4.78 is 5.07. The predicted octanol–water partition coefficient (Wildman–Crippen LogP) is 1.83. The number of hydrogen-bond donors (Lipinski definition) is 2. The van der Waals surface area contributed by atoms with Crippen LogP contribution in [-0.2, 0) is 11.3 Å². The zero-order valence-electron chi connectivity index (χ0n) is 9.45. The lowest BCUT2D eigenvalue weighted by Gasteiger charge is -2.16. The average Bonchev–Trinajstić information content (AvgIpc) is 2.29. The van der Waals surface area contributed by atoms with Gasteiger partial charge < -0.3 is 15.2 Å². The van der Waals surface area contributed by atoms with Gasteiger partial charge in [-0.25, -0.2) is 0 Å². The molecule has 1 atom stereocenters. The summed E-state index contributed by atoms with van der Waals surface area (Å²) in [5.41, 5.74) is 1.17. The van der Waals surface area contributed by atoms with Crippen molar-refractivity contribution in [2.24, 2.45) is 0 Å². The highest BCUT2D eigenvalue weighted by atomic mass is 35.5. The number of halogens is 1. The molecule has 4 heteroatoms. The van der Waals surface area contributed by atoms with Crippen LogP contribution in [0.1, 0.15) is 12.0 Å². The molecule has 0 spiro atoms. The number of hydrogen-bond acceptors (Lipinski definition) is 3. The molecule has 0 heterocycles. The summed E-state index contributed by atoms with van der Waals surface area (Å²) in [6.07, 6.45) is 0.696. The zero-order chi connectivity index (χ0) is 11.8. The van der Waals surface area contributed by atoms with Crippen LogP contribution < -0.4 is 5.32 Å². The van der Waals surface area contributed by atoms with Gasteiger partial charge in [0.1, 0.15) is 0 Å². The van der Waals surface area contributed by atoms with Gasteiger partial charge in [0.2, 0.25) is 0 Å². The first-order chi connectivity index (χ1) is 7.76. The Morgan fingerprint density at radius 1 is 1.38 bits per heavy atom. The van der Waals surface area contributed by atoms with E-state index in [1.807, 2.05) is 24.3 Å². The second kappa shape index (κ2) is 7.63. The molecule has 0 fully saturated rings. The van der Waals surface area contributed by atoms with E-state index in [0.29, 0.717) is 13.0 Å². The Hall–Kier alpha value is -0.610. The summed E-state index contributed by atoms with van der Waals surface area (Å²) >= 11 is 5.80. The summed E-state index contributed by atoms with van der Waals surface area (Å²) in [7, 11) is 1.66. The van der Waals surface area contributed by atoms with Crippen molar-refractivity contribution < 1.29 is 9.84 Å². The molecule has 0 saturated heterocycles. The van der Waals surface area contributed by atoms with Crippen molar-refractivity contribution in [1.29, 1.82) is 0 Å². The third-order valence-electron chi connectivity index (χ3n) is 2.35. The van der Waals surface area contributed by atoms with Crippen LogP contribution in [0.5, 0.6) is 0 Å². The van der Waals surface area contributed by atoms with Crippen molar-refractivity contribution in [3.8, 4) is 0 Å². The predicted molar refractivity (Wildman–Crippen MR) is 65.7 cm³/mol. The van der Waals surface area contributed by atoms with Crippen LogP contribution in [-0.4, -0.2) is 31.5 Å². The van der Waals surface area contributed by atoms with Gasteiger partial charge in [0.25, 0.3) is 0 Å². The average molecular weight is 244 g/mol. The van der Waals surface area contributed by atoms with E-state index in [9.17, 15) is 0 Å². The molecule has 2 N–H and O–H groups in total. The van der Waals surface area contributed by atoms with E-state index in [1.54, 1.807) is 7.11 Å². The smallest absolute Gasteiger partial charge is 0.0616 e. The van der Waals surface area contributed by atoms with Crippen LogP contribution in [0.2, 0.25) is 5.02 Å². The maximum absolute atomic E-state index is 8.88. The van der Waals surface area contributed by atoms with E-state index < -0.39 is 0 Å². The van der Waals surface area contributed by atoms with Crippen molar-refractivity contribution in [1.82, 2.24) is 5.32 Å². The van der Waals surface area contributed by atoms with Gasteiger partial charge in [-0.2, -0.15) is 0 Å². The van der Waals surface area contributed by atoms with Gasteiger partial charge in [0.05, 0.1) is 6.61 Å². The van der Waals surface area contributed by atoms with E-state index in [4.69, 9.17) is 21.4 Å². The van der Waals surface area contributed by atoms with Crippen LogP contribution in [0.15, 0.2) is 24.3 Å². The SMILES string of the molecule is COCC(CCO)NCc1ccc(Cl)cc1. The molecule has 90 valence electrons. The third kappa shape index (κ3) is 4.94. The summed E-state index contributed by atoms with van der Waals surface area (Å²) in [5.74, 6) is 0. The van der Waals surface area contributed by atoms with Crippen LogP contribution in [0.3, 0.4) is 0 Å². The molecule has 0 radical (unpaired) electrons. The van der Waals surface area contributed by atoms with Crippen molar-refractivity contribution in [3.63, 3.8) is 0 Å². The van der Waals surface area contributed by atoms with E-state index in [-0.39, 0.29) is 12.6 Å². The van der Waals surface area contributed by atoms with Crippen molar-refractivity contribution in [2.75, 3.05) is 20.3 Å². The first kappa shape index (κ1) is 13.5. The Bertz CT molecular complexity index is 284. The zero-order valence-corrected chi connectivity index (χ0v) is 10.2. The molecule has 0 bridgehead atoms. The monoisotopic (exact) mass is 243 g/mol. The van der Waals surface area contributed by atoms with Gasteiger partial charge in [0.15, 0.2) is 0 Å². The summed E-state index contributed by atoms with van der Waals surface area (Å²) in [6, 6.07) is 7.90. The summed E-state index contributed by atoms with van der Waals surface area (Å²) in [4.78, 5) is 0. The van der Waals surface area contributed by atoms with Crippen molar-refractivity contribution in [2.45, 2.75) is 19.0 Å². The Morgan fingerprint density at radius 3 is 2.62 bits per heavy atom. The molecule has 0 aliphatic rings. The lowest BCUT2D eigenvalue weighted by Crippen LogP contribution is -2.33. The molecular formula is C12H18ClNO2. The molecule has 1 aromatic rings. The Labute approximate surface area is 101 Å². The Morgan fingerprint density at radius 2 is 2.06 bits per heavy atom. The lowest BCUT2D eigenvalue weighted by molar-refractivity contribution is 0.148. The molecule has 1 aromatic carbocycles. The van der Waals surface area contributed by atoms with E-state index in [2.05, 4.69) is 5.32 Å². The minimum atomic E-state index is 0.168. The highest BCUT2D eigenvalue weighted by Crippen LogP contribution is 2.09. The summed E-state index contributed by atoms with van der Waals surface area (Å²) in [5, 5.41) is 13.0. The Kier molecular flexibility index (Phi) is 6.42. The van der Waals surface area contributed by atoms with Gasteiger partial charge in [-0.05, 0) is 24.1 Å². The molecule has 0 aliphatic carbocycles. The molecule has 0 saturated carbocycles. The number of methoxy groups -OCH3 is 1. The fourth-order valence-corrected chi connectivity index (χ4v) is 1.59. The minimum Gasteiger partial charge on any atom is -0.396 e. The minimum absolute atomic E-state index is 0.168. The van der Waals surface area contributed by atoms with E-state index in [1.165, 1.54) is 5.56 Å². The number of aliphatic hydroxyl groups is 1. The normalized spacial score (nSPS) is 12.7. The fraction of sp³-hybridized carbons (Fsp3) is 0.500. The van der Waals surface area contributed by atoms with Gasteiger partial charge >= 0.3 is 0 Å². The van der Waals surface area contributed by atoms with Crippen LogP contribution in [0, 0.1) is 0 Å². The quantitative estimate of drug-likeness (QED) is 0.768. The molecule has 3 nitrogen and oxygen atoms in total. The van der Waals surface area contributed by atoms with E-state index in [0.717, 1.165) is 11.6 Å². The molecule has 0 amide bonds. The topological polar surface area (TPSA) is 41.5 Å². The van der Waals surface area contributed by atoms with Crippen molar-refractivity contribution in [3.05, 3.63) is 34.9 Å². The number of rotatable bonds is 7. The largest absolute Gasteiger partial charge is 0.396 e. The standard InChI is InChI=1S/C12H18ClNO2/c1-16-9-12(6-7-15)14-8-10-2-4-11(13)5-3-10/h2-5,12,14-15H,6-9H2,1H3. The van der Waals surface area contributed by atoms with Crippen LogP contribution in [0.4, 0.5) is 0 Å². The molecule has 1 rings (SSSR count). The van der Waals surface area contributed by atoms with Gasteiger partial charge in [-0.15, -0.1) is 0 Å². The lowest BCUT2D eigenvalue weighted by atomic mass is 10.2. The third-order valence-corrected chi connectivity index (χ3v) is 2.61. The molecule has 0 aromatic heterocycles. The van der Waals surface area contributed by atoms with Gasteiger partial charge in [0, 0.05) is 31.3 Å². The summed E-state index contributed by atoms with van der Waals surface area (Å²) in [6.45, 7) is 1.53. The fourth-order valence-electron chi connectivity index (χ4n) is 1.47. The van der Waals surface area contributed by atoms with Gasteiger partial charge in [-0.3, -0.25) is 0 Å². The molecule has 1 unspecified atom stereocenters. The van der Waals surface area contributed by atoms with E-state index >= 15 is 0 Å². The number of ether oxygens (including phenoxy) is 1. The highest BCUT2D eigenvalue weighted by Gasteiger charge is 2.06. The maximum atomic E-state index is 8.88. The first-order valence-electron chi connectivity index (χ1n) is 5.34. The highest BCUT2D eigenvalue weighted by molar-refractivity contribution is 6.30. The maximum Gasteiger partial charge on any atom is 0.0616 e. The Balaban J connectivity index is 2.38.